The molecule has 1 aliphatic rings. The fraction of sp³-hybridized carbons (Fsp3) is 0.333. The lowest BCUT2D eigenvalue weighted by molar-refractivity contribution is 0.194. The third-order valence-corrected chi connectivity index (χ3v) is 7.41. The summed E-state index contributed by atoms with van der Waals surface area (Å²) >= 11 is 1.49. The van der Waals surface area contributed by atoms with Crippen LogP contribution >= 0.6 is 11.3 Å². The lowest BCUT2D eigenvalue weighted by Crippen LogP contribution is -2.44. The Balaban J connectivity index is 1.42. The lowest BCUT2D eigenvalue weighted by Gasteiger charge is -2.34. The highest BCUT2D eigenvalue weighted by molar-refractivity contribution is 7.19. The predicted molar refractivity (Wildman–Crippen MR) is 151 cm³/mol. The van der Waals surface area contributed by atoms with Gasteiger partial charge in [-0.1, -0.05) is 11.3 Å². The normalized spacial score (nSPS) is 14.9. The maximum Gasteiger partial charge on any atom is 0.227 e. The molecule has 0 radical (unpaired) electrons. The SMILES string of the molecule is CCNc1nc(-c2ccnc(C(C)O)c2)c(-c2ccnc(Nc3ccc(N4CCN(C)CC4)c(F)c3)n2)s1. The molecule has 1 aromatic carbocycles. The molecule has 198 valence electrons. The van der Waals surface area contributed by atoms with Crippen molar-refractivity contribution in [2.45, 2.75) is 20.0 Å². The number of nitrogens with one attached hydrogen (secondary N) is 2. The summed E-state index contributed by atoms with van der Waals surface area (Å²) in [5.74, 6) is 0.0836. The third-order valence-electron chi connectivity index (χ3n) is 6.37. The van der Waals surface area contributed by atoms with Crippen LogP contribution < -0.4 is 15.5 Å². The maximum absolute atomic E-state index is 15.0. The van der Waals surface area contributed by atoms with Gasteiger partial charge in [0, 0.05) is 56.4 Å². The van der Waals surface area contributed by atoms with Gasteiger partial charge >= 0.3 is 0 Å². The summed E-state index contributed by atoms with van der Waals surface area (Å²) in [5.41, 5.74) is 4.01. The zero-order valence-corrected chi connectivity index (χ0v) is 22.5. The van der Waals surface area contributed by atoms with Gasteiger partial charge in [0.15, 0.2) is 5.13 Å². The summed E-state index contributed by atoms with van der Waals surface area (Å²) in [7, 11) is 2.08. The van der Waals surface area contributed by atoms with Gasteiger partial charge in [-0.25, -0.2) is 19.3 Å². The van der Waals surface area contributed by atoms with Crippen molar-refractivity contribution < 1.29 is 9.50 Å². The van der Waals surface area contributed by atoms with Gasteiger partial charge in [-0.15, -0.1) is 0 Å². The molecule has 1 saturated heterocycles. The Hall–Kier alpha value is -3.67. The van der Waals surface area contributed by atoms with Gasteiger partial charge in [0.05, 0.1) is 33.8 Å². The first-order valence-electron chi connectivity index (χ1n) is 12.6. The van der Waals surface area contributed by atoms with E-state index in [1.807, 2.05) is 31.2 Å². The zero-order chi connectivity index (χ0) is 26.6. The molecule has 4 heterocycles. The molecule has 3 N–H and O–H groups in total. The van der Waals surface area contributed by atoms with Gasteiger partial charge in [-0.3, -0.25) is 4.98 Å². The standard InChI is InChI=1S/C27H31FN8OS/c1-4-29-27-34-24(18-7-9-30-22(15-18)17(2)37)25(38-27)21-8-10-31-26(33-21)32-19-5-6-23(20(28)16-19)36-13-11-35(3)12-14-36/h5-10,15-17,37H,4,11-14H2,1-3H3,(H,29,34)(H,31,32,33). The van der Waals surface area contributed by atoms with E-state index in [2.05, 4.69) is 37.4 Å². The molecule has 0 spiro atoms. The average Bonchev–Trinajstić information content (AvgIpc) is 3.34. The van der Waals surface area contributed by atoms with Gasteiger partial charge in [0.1, 0.15) is 5.82 Å². The van der Waals surface area contributed by atoms with E-state index in [4.69, 9.17) is 9.97 Å². The Kier molecular flexibility index (Phi) is 7.77. The van der Waals surface area contributed by atoms with E-state index >= 15 is 4.39 Å². The van der Waals surface area contributed by atoms with E-state index in [-0.39, 0.29) is 5.82 Å². The molecule has 1 unspecified atom stereocenters. The van der Waals surface area contributed by atoms with Crippen LogP contribution in [0.3, 0.4) is 0 Å². The molecular weight excluding hydrogens is 503 g/mol. The number of aliphatic hydroxyl groups excluding tert-OH is 1. The highest BCUT2D eigenvalue weighted by atomic mass is 32.1. The quantitative estimate of drug-likeness (QED) is 0.295. The fourth-order valence-corrected chi connectivity index (χ4v) is 5.33. The smallest absolute Gasteiger partial charge is 0.227 e. The number of likely N-dealkylation sites (N-methyl/N-ethyl adjacent to an activating group) is 1. The number of anilines is 4. The molecule has 3 aromatic heterocycles. The van der Waals surface area contributed by atoms with Crippen LogP contribution in [0.1, 0.15) is 25.6 Å². The minimum atomic E-state index is -0.692. The topological polar surface area (TPSA) is 102 Å². The Morgan fingerprint density at radius 3 is 2.58 bits per heavy atom. The van der Waals surface area contributed by atoms with Gasteiger partial charge < -0.3 is 25.5 Å². The number of hydrogen-bond donors (Lipinski definition) is 3. The lowest BCUT2D eigenvalue weighted by atomic mass is 10.1. The Morgan fingerprint density at radius 2 is 1.84 bits per heavy atom. The molecule has 0 aliphatic carbocycles. The summed E-state index contributed by atoms with van der Waals surface area (Å²) in [6, 6.07) is 10.7. The van der Waals surface area contributed by atoms with Crippen molar-refractivity contribution >= 4 is 33.8 Å². The predicted octanol–water partition coefficient (Wildman–Crippen LogP) is 4.78. The molecule has 0 bridgehead atoms. The first-order chi connectivity index (χ1) is 18.4. The Morgan fingerprint density at radius 1 is 1.05 bits per heavy atom. The van der Waals surface area contributed by atoms with Crippen LogP contribution in [0.15, 0.2) is 48.8 Å². The summed E-state index contributed by atoms with van der Waals surface area (Å²) in [5, 5.41) is 17.2. The van der Waals surface area contributed by atoms with Crippen molar-refractivity contribution in [2.24, 2.45) is 0 Å². The number of aromatic nitrogens is 4. The van der Waals surface area contributed by atoms with Crippen LogP contribution in [-0.4, -0.2) is 69.7 Å². The second-order valence-electron chi connectivity index (χ2n) is 9.22. The number of piperazine rings is 1. The van der Waals surface area contributed by atoms with E-state index in [0.717, 1.165) is 54.0 Å². The van der Waals surface area contributed by atoms with Crippen LogP contribution in [0.5, 0.6) is 0 Å². The molecule has 9 nitrogen and oxygen atoms in total. The molecule has 1 aliphatic heterocycles. The van der Waals surface area contributed by atoms with Crippen molar-refractivity contribution in [3.8, 4) is 21.8 Å². The number of aliphatic hydroxyl groups is 1. The van der Waals surface area contributed by atoms with Crippen molar-refractivity contribution in [2.75, 3.05) is 55.3 Å². The van der Waals surface area contributed by atoms with E-state index < -0.39 is 6.10 Å². The maximum atomic E-state index is 15.0. The largest absolute Gasteiger partial charge is 0.387 e. The van der Waals surface area contributed by atoms with Gasteiger partial charge in [0.2, 0.25) is 5.95 Å². The van der Waals surface area contributed by atoms with E-state index in [1.54, 1.807) is 25.4 Å². The molecule has 5 rings (SSSR count). The van der Waals surface area contributed by atoms with E-state index in [1.165, 1.54) is 17.4 Å². The van der Waals surface area contributed by atoms with E-state index in [9.17, 15) is 5.11 Å². The molecule has 0 amide bonds. The van der Waals surface area contributed by atoms with Gasteiger partial charge in [-0.2, -0.15) is 0 Å². The molecule has 11 heteroatoms. The zero-order valence-electron chi connectivity index (χ0n) is 21.6. The second kappa shape index (κ2) is 11.4. The summed E-state index contributed by atoms with van der Waals surface area (Å²) < 4.78 is 15.0. The highest BCUT2D eigenvalue weighted by Crippen LogP contribution is 2.39. The first kappa shape index (κ1) is 26.0. The van der Waals surface area contributed by atoms with Gasteiger partial charge in [-0.05, 0) is 57.3 Å². The molecular formula is C27H31FN8OS. The monoisotopic (exact) mass is 534 g/mol. The number of rotatable bonds is 8. The second-order valence-corrected chi connectivity index (χ2v) is 10.2. The van der Waals surface area contributed by atoms with Crippen LogP contribution in [0.4, 0.5) is 26.8 Å². The van der Waals surface area contributed by atoms with Crippen molar-refractivity contribution in [3.63, 3.8) is 0 Å². The van der Waals surface area contributed by atoms with Crippen LogP contribution in [-0.2, 0) is 0 Å². The number of thiazole rings is 1. The van der Waals surface area contributed by atoms with Crippen molar-refractivity contribution in [1.82, 2.24) is 24.8 Å². The highest BCUT2D eigenvalue weighted by Gasteiger charge is 2.19. The summed E-state index contributed by atoms with van der Waals surface area (Å²) in [6.07, 6.45) is 2.65. The van der Waals surface area contributed by atoms with Crippen LogP contribution in [0.25, 0.3) is 21.8 Å². The number of benzene rings is 1. The molecule has 1 fully saturated rings. The molecule has 38 heavy (non-hydrogen) atoms. The number of nitrogens with zero attached hydrogens (tertiary/aromatic N) is 6. The fourth-order valence-electron chi connectivity index (χ4n) is 4.30. The third kappa shape index (κ3) is 5.74. The Bertz CT molecular complexity index is 1400. The summed E-state index contributed by atoms with van der Waals surface area (Å²) in [6.45, 7) is 7.85. The number of hydrogen-bond acceptors (Lipinski definition) is 10. The molecule has 0 saturated carbocycles. The number of pyridine rings is 1. The van der Waals surface area contributed by atoms with Gasteiger partial charge in [0.25, 0.3) is 0 Å². The summed E-state index contributed by atoms with van der Waals surface area (Å²) in [4.78, 5) is 23.3. The Labute approximate surface area is 225 Å². The number of halogens is 1. The van der Waals surface area contributed by atoms with Crippen molar-refractivity contribution in [3.05, 3.63) is 60.3 Å². The minimum Gasteiger partial charge on any atom is -0.387 e. The van der Waals surface area contributed by atoms with Crippen LogP contribution in [0.2, 0.25) is 0 Å². The first-order valence-corrected chi connectivity index (χ1v) is 13.5. The minimum absolute atomic E-state index is 0.276. The average molecular weight is 535 g/mol. The van der Waals surface area contributed by atoms with Crippen molar-refractivity contribution in [1.29, 1.82) is 0 Å². The van der Waals surface area contributed by atoms with E-state index in [0.29, 0.717) is 28.7 Å². The molecule has 4 aromatic rings. The molecule has 1 atom stereocenters. The van der Waals surface area contributed by atoms with Crippen LogP contribution in [0, 0.1) is 5.82 Å².